The summed E-state index contributed by atoms with van der Waals surface area (Å²) < 4.78 is 14.7. The summed E-state index contributed by atoms with van der Waals surface area (Å²) in [4.78, 5) is 14.6. The molecule has 0 bridgehead atoms. The molecule has 23 heavy (non-hydrogen) atoms. The molecular formula is C18H22FN3O. The molecule has 1 aromatic heterocycles. The van der Waals surface area contributed by atoms with Gasteiger partial charge in [-0.1, -0.05) is 19.3 Å². The summed E-state index contributed by atoms with van der Waals surface area (Å²) in [6.07, 6.45) is 7.41. The maximum atomic E-state index is 13.1. The van der Waals surface area contributed by atoms with Gasteiger partial charge in [-0.05, 0) is 44.0 Å². The van der Waals surface area contributed by atoms with Crippen LogP contribution in [-0.2, 0) is 0 Å². The minimum Gasteiger partial charge on any atom is -0.339 e. The van der Waals surface area contributed by atoms with E-state index in [9.17, 15) is 9.18 Å². The third-order valence-electron chi connectivity index (χ3n) is 4.75. The van der Waals surface area contributed by atoms with Crippen LogP contribution in [-0.4, -0.2) is 33.7 Å². The number of aromatic nitrogens is 2. The topological polar surface area (TPSA) is 38.1 Å². The van der Waals surface area contributed by atoms with E-state index >= 15 is 0 Å². The van der Waals surface area contributed by atoms with Crippen LogP contribution < -0.4 is 0 Å². The molecule has 122 valence electrons. The quantitative estimate of drug-likeness (QED) is 0.865. The first-order valence-corrected chi connectivity index (χ1v) is 8.15. The molecule has 0 atom stereocenters. The highest BCUT2D eigenvalue weighted by molar-refractivity contribution is 5.95. The lowest BCUT2D eigenvalue weighted by molar-refractivity contribution is 0.0695. The minimum absolute atomic E-state index is 0.0164. The first-order valence-electron chi connectivity index (χ1n) is 8.15. The van der Waals surface area contributed by atoms with E-state index in [-0.39, 0.29) is 11.7 Å². The van der Waals surface area contributed by atoms with Crippen molar-refractivity contribution in [3.8, 4) is 5.69 Å². The molecule has 1 amide bonds. The minimum atomic E-state index is -0.285. The Kier molecular flexibility index (Phi) is 4.46. The third kappa shape index (κ3) is 3.14. The van der Waals surface area contributed by atoms with Crippen LogP contribution in [0, 0.1) is 12.7 Å². The van der Waals surface area contributed by atoms with E-state index in [1.807, 2.05) is 18.9 Å². The van der Waals surface area contributed by atoms with Crippen molar-refractivity contribution < 1.29 is 9.18 Å². The summed E-state index contributed by atoms with van der Waals surface area (Å²) in [5, 5.41) is 4.31. The summed E-state index contributed by atoms with van der Waals surface area (Å²) in [6, 6.07) is 6.44. The van der Waals surface area contributed by atoms with Crippen LogP contribution >= 0.6 is 0 Å². The first-order chi connectivity index (χ1) is 11.1. The van der Waals surface area contributed by atoms with Gasteiger partial charge in [0.05, 0.1) is 23.1 Å². The van der Waals surface area contributed by atoms with E-state index in [0.29, 0.717) is 11.6 Å². The smallest absolute Gasteiger partial charge is 0.257 e. The fourth-order valence-electron chi connectivity index (χ4n) is 3.29. The fraction of sp³-hybridized carbons (Fsp3) is 0.444. The molecule has 0 N–H and O–H groups in total. The van der Waals surface area contributed by atoms with Gasteiger partial charge in [-0.25, -0.2) is 9.07 Å². The number of carbonyl (C=O) groups excluding carboxylic acids is 1. The molecule has 1 aliphatic rings. The number of amides is 1. The number of halogens is 1. The Bertz CT molecular complexity index is 687. The molecule has 3 rings (SSSR count). The number of nitrogens with zero attached hydrogens (tertiary/aromatic N) is 3. The van der Waals surface area contributed by atoms with Gasteiger partial charge in [-0.2, -0.15) is 5.10 Å². The highest BCUT2D eigenvalue weighted by Crippen LogP contribution is 2.24. The molecule has 4 nitrogen and oxygen atoms in total. The van der Waals surface area contributed by atoms with Crippen molar-refractivity contribution in [2.24, 2.45) is 0 Å². The molecule has 5 heteroatoms. The monoisotopic (exact) mass is 315 g/mol. The molecule has 0 spiro atoms. The van der Waals surface area contributed by atoms with Gasteiger partial charge in [0.2, 0.25) is 0 Å². The maximum absolute atomic E-state index is 13.1. The molecule has 2 aromatic rings. The molecule has 0 unspecified atom stereocenters. The van der Waals surface area contributed by atoms with Crippen molar-refractivity contribution in [1.82, 2.24) is 14.7 Å². The average molecular weight is 315 g/mol. The zero-order valence-corrected chi connectivity index (χ0v) is 13.6. The highest BCUT2D eigenvalue weighted by atomic mass is 19.1. The molecule has 1 fully saturated rings. The van der Waals surface area contributed by atoms with E-state index < -0.39 is 0 Å². The van der Waals surface area contributed by atoms with E-state index in [0.717, 1.165) is 24.2 Å². The van der Waals surface area contributed by atoms with Crippen LogP contribution in [0.3, 0.4) is 0 Å². The summed E-state index contributed by atoms with van der Waals surface area (Å²) in [6.45, 7) is 1.87. The number of hydrogen-bond donors (Lipinski definition) is 0. The average Bonchev–Trinajstić information content (AvgIpc) is 2.96. The molecule has 1 heterocycles. The van der Waals surface area contributed by atoms with Crippen LogP contribution in [0.5, 0.6) is 0 Å². The third-order valence-corrected chi connectivity index (χ3v) is 4.75. The van der Waals surface area contributed by atoms with Crippen LogP contribution in [0.4, 0.5) is 4.39 Å². The lowest BCUT2D eigenvalue weighted by Gasteiger charge is -2.31. The SMILES string of the molecule is Cc1c(C(=O)N(C)C2CCCCC2)cnn1-c1ccc(F)cc1. The number of hydrogen-bond acceptors (Lipinski definition) is 2. The van der Waals surface area contributed by atoms with Gasteiger partial charge in [-0.15, -0.1) is 0 Å². The summed E-state index contributed by atoms with van der Waals surface area (Å²) in [7, 11) is 1.88. The molecular weight excluding hydrogens is 293 g/mol. The summed E-state index contributed by atoms with van der Waals surface area (Å²) in [5.41, 5.74) is 2.15. The normalized spacial score (nSPS) is 15.6. The van der Waals surface area contributed by atoms with Gasteiger partial charge >= 0.3 is 0 Å². The largest absolute Gasteiger partial charge is 0.339 e. The zero-order chi connectivity index (χ0) is 16.4. The number of carbonyl (C=O) groups is 1. The van der Waals surface area contributed by atoms with Crippen molar-refractivity contribution in [3.63, 3.8) is 0 Å². The Morgan fingerprint density at radius 2 is 1.87 bits per heavy atom. The zero-order valence-electron chi connectivity index (χ0n) is 13.6. The predicted octanol–water partition coefficient (Wildman–Crippen LogP) is 3.72. The lowest BCUT2D eigenvalue weighted by Crippen LogP contribution is -2.38. The van der Waals surface area contributed by atoms with Gasteiger partial charge in [0.1, 0.15) is 5.82 Å². The van der Waals surface area contributed by atoms with E-state index in [2.05, 4.69) is 5.10 Å². The second kappa shape index (κ2) is 6.52. The van der Waals surface area contributed by atoms with Crippen molar-refractivity contribution in [3.05, 3.63) is 47.5 Å². The number of rotatable bonds is 3. The number of benzene rings is 1. The van der Waals surface area contributed by atoms with Crippen molar-refractivity contribution in [2.45, 2.75) is 45.1 Å². The molecule has 0 saturated heterocycles. The fourth-order valence-corrected chi connectivity index (χ4v) is 3.29. The molecule has 1 aliphatic carbocycles. The second-order valence-corrected chi connectivity index (χ2v) is 6.24. The summed E-state index contributed by atoms with van der Waals surface area (Å²) in [5.74, 6) is -0.269. The highest BCUT2D eigenvalue weighted by Gasteiger charge is 2.25. The van der Waals surface area contributed by atoms with E-state index in [1.54, 1.807) is 23.0 Å². The molecule has 1 aromatic carbocycles. The predicted molar refractivity (Wildman–Crippen MR) is 87.2 cm³/mol. The Labute approximate surface area is 135 Å². The van der Waals surface area contributed by atoms with Gasteiger partial charge in [0.15, 0.2) is 0 Å². The van der Waals surface area contributed by atoms with Gasteiger partial charge in [0.25, 0.3) is 5.91 Å². The lowest BCUT2D eigenvalue weighted by atomic mass is 9.94. The first kappa shape index (κ1) is 15.7. The molecule has 0 aliphatic heterocycles. The van der Waals surface area contributed by atoms with Crippen LogP contribution in [0.1, 0.15) is 48.2 Å². The maximum Gasteiger partial charge on any atom is 0.257 e. The standard InChI is InChI=1S/C18H22FN3O/c1-13-17(18(23)21(2)15-6-4-3-5-7-15)12-20-22(13)16-10-8-14(19)9-11-16/h8-12,15H,3-7H2,1-2H3. The van der Waals surface area contributed by atoms with Gasteiger partial charge in [0, 0.05) is 13.1 Å². The Hall–Kier alpha value is -2.17. The second-order valence-electron chi connectivity index (χ2n) is 6.24. The van der Waals surface area contributed by atoms with Gasteiger partial charge in [-0.3, -0.25) is 4.79 Å². The van der Waals surface area contributed by atoms with Crippen LogP contribution in [0.15, 0.2) is 30.5 Å². The Morgan fingerprint density at radius 3 is 2.52 bits per heavy atom. The van der Waals surface area contributed by atoms with E-state index in [4.69, 9.17) is 0 Å². The molecule has 0 radical (unpaired) electrons. The van der Waals surface area contributed by atoms with Gasteiger partial charge < -0.3 is 4.90 Å². The van der Waals surface area contributed by atoms with E-state index in [1.165, 1.54) is 31.4 Å². The van der Waals surface area contributed by atoms with Crippen molar-refractivity contribution in [2.75, 3.05) is 7.05 Å². The van der Waals surface area contributed by atoms with Crippen LogP contribution in [0.2, 0.25) is 0 Å². The van der Waals surface area contributed by atoms with Crippen molar-refractivity contribution >= 4 is 5.91 Å². The summed E-state index contributed by atoms with van der Waals surface area (Å²) >= 11 is 0. The molecule has 1 saturated carbocycles. The van der Waals surface area contributed by atoms with Crippen molar-refractivity contribution in [1.29, 1.82) is 0 Å². The Morgan fingerprint density at radius 1 is 1.22 bits per heavy atom. The van der Waals surface area contributed by atoms with Crippen LogP contribution in [0.25, 0.3) is 5.69 Å². The Balaban J connectivity index is 1.83.